The molecular formula is C12H15ClN2O2. The Balaban J connectivity index is 1.97. The molecule has 0 spiro atoms. The van der Waals surface area contributed by atoms with Gasteiger partial charge < -0.3 is 16.2 Å². The number of anilines is 1. The molecule has 0 heterocycles. The third-order valence-corrected chi connectivity index (χ3v) is 3.45. The summed E-state index contributed by atoms with van der Waals surface area (Å²) in [5.41, 5.74) is 5.74. The number of aliphatic hydroxyl groups is 1. The lowest BCUT2D eigenvalue weighted by Crippen LogP contribution is -2.47. The van der Waals surface area contributed by atoms with E-state index in [1.165, 1.54) is 6.07 Å². The number of nitrogens with one attached hydrogen (secondary N) is 1. The monoisotopic (exact) mass is 254 g/mol. The lowest BCUT2D eigenvalue weighted by atomic mass is 9.80. The molecule has 1 aliphatic carbocycles. The normalized spacial score (nSPS) is 17.3. The molecule has 4 N–H and O–H groups in total. The maximum Gasteiger partial charge on any atom is 0.251 e. The number of hydrogen-bond acceptors (Lipinski definition) is 3. The minimum atomic E-state index is -0.715. The van der Waals surface area contributed by atoms with E-state index in [2.05, 4.69) is 5.32 Å². The van der Waals surface area contributed by atoms with Crippen molar-refractivity contribution in [3.63, 3.8) is 0 Å². The van der Waals surface area contributed by atoms with Gasteiger partial charge in [0, 0.05) is 12.1 Å². The van der Waals surface area contributed by atoms with Crippen molar-refractivity contribution < 1.29 is 9.90 Å². The summed E-state index contributed by atoms with van der Waals surface area (Å²) in [6, 6.07) is 4.73. The Bertz CT molecular complexity index is 444. The van der Waals surface area contributed by atoms with Gasteiger partial charge in [-0.25, -0.2) is 0 Å². The summed E-state index contributed by atoms with van der Waals surface area (Å²) in [6.45, 7) is 0.286. The van der Waals surface area contributed by atoms with Crippen LogP contribution in [0.1, 0.15) is 29.6 Å². The molecule has 2 rings (SSSR count). The van der Waals surface area contributed by atoms with Crippen molar-refractivity contribution in [1.29, 1.82) is 0 Å². The van der Waals surface area contributed by atoms with Crippen molar-refractivity contribution in [3.05, 3.63) is 28.8 Å². The minimum Gasteiger partial charge on any atom is -0.398 e. The van der Waals surface area contributed by atoms with Crippen LogP contribution in [0.2, 0.25) is 5.02 Å². The zero-order valence-corrected chi connectivity index (χ0v) is 10.1. The van der Waals surface area contributed by atoms with Crippen molar-refractivity contribution in [1.82, 2.24) is 5.32 Å². The highest BCUT2D eigenvalue weighted by Gasteiger charge is 2.34. The summed E-state index contributed by atoms with van der Waals surface area (Å²) in [7, 11) is 0. The van der Waals surface area contributed by atoms with Gasteiger partial charge in [-0.2, -0.15) is 0 Å². The highest BCUT2D eigenvalue weighted by Crippen LogP contribution is 2.30. The predicted octanol–water partition coefficient (Wildman–Crippen LogP) is 1.57. The number of amides is 1. The van der Waals surface area contributed by atoms with E-state index in [0.717, 1.165) is 19.3 Å². The average molecular weight is 255 g/mol. The molecule has 0 unspecified atom stereocenters. The Morgan fingerprint density at radius 2 is 2.24 bits per heavy atom. The van der Waals surface area contributed by atoms with Crippen molar-refractivity contribution in [2.45, 2.75) is 24.9 Å². The molecule has 0 aliphatic heterocycles. The van der Waals surface area contributed by atoms with Crippen LogP contribution < -0.4 is 11.1 Å². The molecule has 1 aromatic carbocycles. The van der Waals surface area contributed by atoms with Gasteiger partial charge in [-0.05, 0) is 37.5 Å². The van der Waals surface area contributed by atoms with Gasteiger partial charge >= 0.3 is 0 Å². The summed E-state index contributed by atoms with van der Waals surface area (Å²) in [5, 5.41) is 12.9. The number of carbonyl (C=O) groups excluding carboxylic acids is 1. The summed E-state index contributed by atoms with van der Waals surface area (Å²) in [4.78, 5) is 11.8. The highest BCUT2D eigenvalue weighted by atomic mass is 35.5. The molecule has 1 fully saturated rings. The first kappa shape index (κ1) is 12.2. The summed E-state index contributed by atoms with van der Waals surface area (Å²) in [5.74, 6) is -0.243. The van der Waals surface area contributed by atoms with Crippen molar-refractivity contribution in [2.75, 3.05) is 12.3 Å². The van der Waals surface area contributed by atoms with Crippen LogP contribution in [-0.2, 0) is 0 Å². The fraction of sp³-hybridized carbons (Fsp3) is 0.417. The number of rotatable bonds is 3. The second-order valence-electron chi connectivity index (χ2n) is 4.50. The quantitative estimate of drug-likeness (QED) is 0.717. The lowest BCUT2D eigenvalue weighted by Gasteiger charge is -2.36. The van der Waals surface area contributed by atoms with Crippen LogP contribution in [0.15, 0.2) is 18.2 Å². The third kappa shape index (κ3) is 2.70. The summed E-state index contributed by atoms with van der Waals surface area (Å²) < 4.78 is 0. The predicted molar refractivity (Wildman–Crippen MR) is 67.0 cm³/mol. The number of halogens is 1. The fourth-order valence-electron chi connectivity index (χ4n) is 1.78. The van der Waals surface area contributed by atoms with Gasteiger partial charge in [-0.15, -0.1) is 0 Å². The molecule has 92 valence electrons. The minimum absolute atomic E-state index is 0.243. The molecule has 0 radical (unpaired) electrons. The van der Waals surface area contributed by atoms with Gasteiger partial charge in [0.1, 0.15) is 0 Å². The standard InChI is InChI=1S/C12H15ClN2O2/c13-9-6-8(2-3-10(9)14)11(16)15-7-12(17)4-1-5-12/h2-3,6,17H,1,4-5,7,14H2,(H,15,16). The van der Waals surface area contributed by atoms with Gasteiger partial charge in [0.15, 0.2) is 0 Å². The molecule has 5 heteroatoms. The van der Waals surface area contributed by atoms with Crippen molar-refractivity contribution >= 4 is 23.2 Å². The van der Waals surface area contributed by atoms with Crippen molar-refractivity contribution in [2.24, 2.45) is 0 Å². The highest BCUT2D eigenvalue weighted by molar-refractivity contribution is 6.33. The number of nitrogens with two attached hydrogens (primary N) is 1. The van der Waals surface area contributed by atoms with Crippen LogP contribution in [0.3, 0.4) is 0 Å². The van der Waals surface area contributed by atoms with Gasteiger partial charge in [-0.1, -0.05) is 11.6 Å². The Morgan fingerprint density at radius 3 is 2.76 bits per heavy atom. The van der Waals surface area contributed by atoms with E-state index in [1.54, 1.807) is 12.1 Å². The zero-order valence-electron chi connectivity index (χ0n) is 9.37. The van der Waals surface area contributed by atoms with Gasteiger partial charge in [0.05, 0.1) is 16.3 Å². The molecule has 17 heavy (non-hydrogen) atoms. The van der Waals surface area contributed by atoms with Crippen LogP contribution >= 0.6 is 11.6 Å². The summed E-state index contributed by atoms with van der Waals surface area (Å²) >= 11 is 5.83. The molecule has 0 bridgehead atoms. The first-order valence-corrected chi connectivity index (χ1v) is 5.94. The van der Waals surface area contributed by atoms with Crippen LogP contribution in [0, 0.1) is 0 Å². The topological polar surface area (TPSA) is 75.4 Å². The maximum absolute atomic E-state index is 11.8. The number of hydrogen-bond donors (Lipinski definition) is 3. The Hall–Kier alpha value is -1.26. The first-order chi connectivity index (χ1) is 8.00. The molecule has 1 saturated carbocycles. The van der Waals surface area contributed by atoms with Crippen LogP contribution in [0.4, 0.5) is 5.69 Å². The van der Waals surface area contributed by atoms with E-state index in [0.29, 0.717) is 16.3 Å². The van der Waals surface area contributed by atoms with Gasteiger partial charge in [0.2, 0.25) is 0 Å². The first-order valence-electron chi connectivity index (χ1n) is 5.56. The van der Waals surface area contributed by atoms with Crippen LogP contribution in [-0.4, -0.2) is 23.2 Å². The lowest BCUT2D eigenvalue weighted by molar-refractivity contribution is -0.0300. The van der Waals surface area contributed by atoms with E-state index in [4.69, 9.17) is 17.3 Å². The van der Waals surface area contributed by atoms with E-state index in [9.17, 15) is 9.90 Å². The van der Waals surface area contributed by atoms with Crippen LogP contribution in [0.5, 0.6) is 0 Å². The number of carbonyl (C=O) groups is 1. The molecule has 4 nitrogen and oxygen atoms in total. The Kier molecular flexibility index (Phi) is 3.26. The molecule has 1 amide bonds. The van der Waals surface area contributed by atoms with Gasteiger partial charge in [0.25, 0.3) is 5.91 Å². The summed E-state index contributed by atoms with van der Waals surface area (Å²) in [6.07, 6.45) is 2.51. The van der Waals surface area contributed by atoms with E-state index < -0.39 is 5.60 Å². The van der Waals surface area contributed by atoms with E-state index in [-0.39, 0.29) is 12.5 Å². The van der Waals surface area contributed by atoms with E-state index >= 15 is 0 Å². The number of nitrogen functional groups attached to an aromatic ring is 1. The van der Waals surface area contributed by atoms with Crippen LogP contribution in [0.25, 0.3) is 0 Å². The molecule has 0 aromatic heterocycles. The smallest absolute Gasteiger partial charge is 0.251 e. The Labute approximate surface area is 105 Å². The number of benzene rings is 1. The second kappa shape index (κ2) is 4.55. The molecule has 1 aliphatic rings. The second-order valence-corrected chi connectivity index (χ2v) is 4.90. The SMILES string of the molecule is Nc1ccc(C(=O)NCC2(O)CCC2)cc1Cl. The molecule has 1 aromatic rings. The zero-order chi connectivity index (χ0) is 12.5. The van der Waals surface area contributed by atoms with E-state index in [1.807, 2.05) is 0 Å². The third-order valence-electron chi connectivity index (χ3n) is 3.12. The van der Waals surface area contributed by atoms with Gasteiger partial charge in [-0.3, -0.25) is 4.79 Å². The maximum atomic E-state index is 11.8. The Morgan fingerprint density at radius 1 is 1.53 bits per heavy atom. The largest absolute Gasteiger partial charge is 0.398 e. The molecule has 0 atom stereocenters. The molecule has 0 saturated heterocycles. The fourth-order valence-corrected chi connectivity index (χ4v) is 1.96. The van der Waals surface area contributed by atoms with Crippen molar-refractivity contribution in [3.8, 4) is 0 Å². The molecular weight excluding hydrogens is 240 g/mol. The average Bonchev–Trinajstić information content (AvgIpc) is 2.27.